The van der Waals surface area contributed by atoms with Crippen molar-refractivity contribution in [3.8, 4) is 5.75 Å². The Morgan fingerprint density at radius 1 is 1.13 bits per heavy atom. The molecule has 1 N–H and O–H groups in total. The van der Waals surface area contributed by atoms with E-state index in [0.29, 0.717) is 32.4 Å². The minimum atomic E-state index is -0.817. The Hall–Kier alpha value is -3.09. The first-order chi connectivity index (χ1) is 14.7. The molecule has 0 bridgehead atoms. The number of hydrogen-bond acceptors (Lipinski definition) is 5. The summed E-state index contributed by atoms with van der Waals surface area (Å²) in [5, 5.41) is 9.20. The maximum Gasteiger partial charge on any atom is 0.306 e. The third kappa shape index (κ3) is 3.62. The summed E-state index contributed by atoms with van der Waals surface area (Å²) in [5.41, 5.74) is 2.59. The molecule has 0 amide bonds. The van der Waals surface area contributed by atoms with Gasteiger partial charge in [0, 0.05) is 42.6 Å². The number of methoxy groups -OCH3 is 1. The van der Waals surface area contributed by atoms with Crippen molar-refractivity contribution in [1.82, 2.24) is 0 Å². The van der Waals surface area contributed by atoms with Gasteiger partial charge in [-0.05, 0) is 62.6 Å². The fourth-order valence-corrected chi connectivity index (χ4v) is 4.71. The van der Waals surface area contributed by atoms with Crippen LogP contribution in [0.25, 0.3) is 0 Å². The number of benzene rings is 2. The van der Waals surface area contributed by atoms with Crippen molar-refractivity contribution in [1.29, 1.82) is 0 Å². The highest BCUT2D eigenvalue weighted by Crippen LogP contribution is 2.47. The van der Waals surface area contributed by atoms with Crippen LogP contribution in [0.4, 0.5) is 21.5 Å². The topological polar surface area (TPSA) is 70.1 Å². The quantitative estimate of drug-likeness (QED) is 0.774. The van der Waals surface area contributed by atoms with Gasteiger partial charge in [-0.25, -0.2) is 4.39 Å². The second-order valence-corrected chi connectivity index (χ2v) is 8.57. The number of hydrogen-bond donors (Lipinski definition) is 1. The molecule has 1 saturated heterocycles. The van der Waals surface area contributed by atoms with E-state index in [1.807, 2.05) is 36.1 Å². The fourth-order valence-electron chi connectivity index (χ4n) is 4.71. The van der Waals surface area contributed by atoms with E-state index in [-0.39, 0.29) is 17.5 Å². The number of rotatable bonds is 5. The first-order valence-electron chi connectivity index (χ1n) is 10.5. The number of carbonyl (C=O) groups is 2. The van der Waals surface area contributed by atoms with Gasteiger partial charge in [-0.3, -0.25) is 9.59 Å². The number of aliphatic carboxylic acids is 1. The van der Waals surface area contributed by atoms with Crippen LogP contribution in [0.5, 0.6) is 5.75 Å². The molecule has 0 aliphatic carbocycles. The molecule has 164 valence electrons. The summed E-state index contributed by atoms with van der Waals surface area (Å²) in [5.74, 6) is -1.28. The van der Waals surface area contributed by atoms with Crippen molar-refractivity contribution in [2.75, 3.05) is 30.0 Å². The lowest BCUT2D eigenvalue weighted by atomic mass is 9.92. The van der Waals surface area contributed by atoms with Gasteiger partial charge in [0.05, 0.1) is 13.0 Å². The molecule has 1 unspecified atom stereocenters. The fraction of sp³-hybridized carbons (Fsp3) is 0.417. The summed E-state index contributed by atoms with van der Waals surface area (Å²) >= 11 is 0. The monoisotopic (exact) mass is 426 g/mol. The number of carboxylic acid groups (broad SMARTS) is 1. The van der Waals surface area contributed by atoms with Gasteiger partial charge in [-0.15, -0.1) is 0 Å². The Bertz CT molecular complexity index is 1010. The lowest BCUT2D eigenvalue weighted by molar-refractivity contribution is -0.142. The van der Waals surface area contributed by atoms with Crippen LogP contribution < -0.4 is 14.5 Å². The molecular formula is C24H27FN2O4. The largest absolute Gasteiger partial charge is 0.494 e. The number of piperidine rings is 1. The van der Waals surface area contributed by atoms with Crippen LogP contribution in [-0.4, -0.2) is 42.6 Å². The van der Waals surface area contributed by atoms with Gasteiger partial charge < -0.3 is 19.6 Å². The van der Waals surface area contributed by atoms with Crippen molar-refractivity contribution >= 4 is 28.8 Å². The summed E-state index contributed by atoms with van der Waals surface area (Å²) in [6.45, 7) is 4.84. The van der Waals surface area contributed by atoms with E-state index in [2.05, 4.69) is 4.90 Å². The molecule has 0 radical (unpaired) electrons. The summed E-state index contributed by atoms with van der Waals surface area (Å²) < 4.78 is 19.5. The zero-order valence-corrected chi connectivity index (χ0v) is 18.0. The van der Waals surface area contributed by atoms with Crippen LogP contribution in [0.1, 0.15) is 32.3 Å². The SMILES string of the molecule is COc1cc2c(cc1F)CC(C)(C(C)=O)N2c1ccc(N2CCC(C(=O)O)CC2)cc1. The minimum Gasteiger partial charge on any atom is -0.494 e. The molecule has 2 aromatic carbocycles. The van der Waals surface area contributed by atoms with E-state index in [1.54, 1.807) is 13.0 Å². The second kappa shape index (κ2) is 7.87. The number of fused-ring (bicyclic) bond motifs is 1. The molecule has 1 fully saturated rings. The number of carbonyl (C=O) groups excluding carboxylic acids is 1. The third-order valence-corrected chi connectivity index (χ3v) is 6.70. The normalized spacial score (nSPS) is 21.2. The highest BCUT2D eigenvalue weighted by atomic mass is 19.1. The smallest absolute Gasteiger partial charge is 0.306 e. The number of halogens is 1. The van der Waals surface area contributed by atoms with Crippen molar-refractivity contribution < 1.29 is 23.8 Å². The third-order valence-electron chi connectivity index (χ3n) is 6.70. The number of nitrogens with zero attached hydrogens (tertiary/aromatic N) is 2. The molecule has 2 aromatic rings. The van der Waals surface area contributed by atoms with Crippen LogP contribution in [-0.2, 0) is 16.0 Å². The maximum atomic E-state index is 14.3. The molecule has 1 atom stereocenters. The first-order valence-corrected chi connectivity index (χ1v) is 10.5. The van der Waals surface area contributed by atoms with Crippen molar-refractivity contribution in [2.24, 2.45) is 5.92 Å². The summed E-state index contributed by atoms with van der Waals surface area (Å²) in [6, 6.07) is 11.0. The zero-order valence-electron chi connectivity index (χ0n) is 18.0. The first kappa shape index (κ1) is 21.2. The van der Waals surface area contributed by atoms with Gasteiger partial charge in [-0.1, -0.05) is 0 Å². The lowest BCUT2D eigenvalue weighted by Gasteiger charge is -2.36. The Morgan fingerprint density at radius 2 is 1.74 bits per heavy atom. The van der Waals surface area contributed by atoms with Crippen molar-refractivity contribution in [3.63, 3.8) is 0 Å². The zero-order chi connectivity index (χ0) is 22.3. The molecule has 2 aliphatic rings. The van der Waals surface area contributed by atoms with Gasteiger partial charge in [0.15, 0.2) is 17.3 Å². The average molecular weight is 426 g/mol. The highest BCUT2D eigenvalue weighted by molar-refractivity contribution is 5.96. The van der Waals surface area contributed by atoms with Crippen LogP contribution in [0, 0.1) is 11.7 Å². The summed E-state index contributed by atoms with van der Waals surface area (Å²) in [4.78, 5) is 28.0. The van der Waals surface area contributed by atoms with E-state index in [0.717, 1.165) is 22.6 Å². The molecule has 4 rings (SSSR count). The molecule has 0 spiro atoms. The van der Waals surface area contributed by atoms with Crippen LogP contribution >= 0.6 is 0 Å². The standard InChI is InChI=1S/C24H27FN2O4/c1-15(28)24(2)14-17-12-20(25)22(31-3)13-21(17)27(24)19-6-4-18(5-7-19)26-10-8-16(9-11-26)23(29)30/h4-7,12-13,16H,8-11,14H2,1-3H3,(H,29,30). The van der Waals surface area contributed by atoms with E-state index >= 15 is 0 Å². The Labute approximate surface area is 181 Å². The van der Waals surface area contributed by atoms with Crippen LogP contribution in [0.15, 0.2) is 36.4 Å². The van der Waals surface area contributed by atoms with Gasteiger partial charge in [-0.2, -0.15) is 0 Å². The van der Waals surface area contributed by atoms with Gasteiger partial charge >= 0.3 is 5.97 Å². The van der Waals surface area contributed by atoms with Gasteiger partial charge in [0.25, 0.3) is 0 Å². The molecule has 0 saturated carbocycles. The number of Topliss-reactive ketones (excluding diaryl/α,β-unsaturated/α-hetero) is 1. The lowest BCUT2D eigenvalue weighted by Crippen LogP contribution is -2.47. The van der Waals surface area contributed by atoms with Crippen molar-refractivity contribution in [3.05, 3.63) is 47.8 Å². The van der Waals surface area contributed by atoms with E-state index < -0.39 is 17.3 Å². The second-order valence-electron chi connectivity index (χ2n) is 8.57. The number of ketones is 1. The maximum absolute atomic E-state index is 14.3. The van der Waals surface area contributed by atoms with E-state index in [4.69, 9.17) is 4.74 Å². The molecule has 7 heteroatoms. The summed E-state index contributed by atoms with van der Waals surface area (Å²) in [6.07, 6.45) is 1.68. The minimum absolute atomic E-state index is 0.00268. The molecule has 31 heavy (non-hydrogen) atoms. The number of ether oxygens (including phenoxy) is 1. The molecular weight excluding hydrogens is 399 g/mol. The van der Waals surface area contributed by atoms with Crippen LogP contribution in [0.3, 0.4) is 0 Å². The summed E-state index contributed by atoms with van der Waals surface area (Å²) in [7, 11) is 1.43. The van der Waals surface area contributed by atoms with E-state index in [1.165, 1.54) is 13.2 Å². The molecule has 2 aliphatic heterocycles. The Balaban J connectivity index is 1.65. The van der Waals surface area contributed by atoms with Gasteiger partial charge in [0.1, 0.15) is 5.54 Å². The Kier molecular flexibility index (Phi) is 5.37. The molecule has 6 nitrogen and oxygen atoms in total. The molecule has 0 aromatic heterocycles. The highest BCUT2D eigenvalue weighted by Gasteiger charge is 2.45. The van der Waals surface area contributed by atoms with Crippen molar-refractivity contribution in [2.45, 2.75) is 38.6 Å². The van der Waals surface area contributed by atoms with Gasteiger partial charge in [0.2, 0.25) is 0 Å². The number of carboxylic acids is 1. The van der Waals surface area contributed by atoms with E-state index in [9.17, 15) is 19.1 Å². The molecule has 2 heterocycles. The van der Waals surface area contributed by atoms with Crippen LogP contribution in [0.2, 0.25) is 0 Å². The number of anilines is 3. The predicted octanol–water partition coefficient (Wildman–Crippen LogP) is 4.18. The Morgan fingerprint density at radius 3 is 2.29 bits per heavy atom. The average Bonchev–Trinajstić information content (AvgIpc) is 3.05. The predicted molar refractivity (Wildman–Crippen MR) is 117 cm³/mol.